The van der Waals surface area contributed by atoms with Crippen LogP contribution in [0.3, 0.4) is 0 Å². The van der Waals surface area contributed by atoms with E-state index in [1.165, 1.54) is 12.8 Å². The molecule has 0 bridgehead atoms. The van der Waals surface area contributed by atoms with Gasteiger partial charge in [-0.25, -0.2) is 0 Å². The summed E-state index contributed by atoms with van der Waals surface area (Å²) in [4.78, 5) is 11.9. The minimum atomic E-state index is 0.0367. The van der Waals surface area contributed by atoms with Gasteiger partial charge in [-0.2, -0.15) is 0 Å². The molecule has 110 valence electrons. The van der Waals surface area contributed by atoms with Crippen LogP contribution in [0.5, 0.6) is 0 Å². The number of halogens is 1. The molecule has 0 radical (unpaired) electrons. The topological polar surface area (TPSA) is 49.3 Å². The monoisotopic (exact) mass is 295 g/mol. The third kappa shape index (κ3) is 4.50. The Hall–Kier alpha value is -1.06. The van der Waals surface area contributed by atoms with Crippen molar-refractivity contribution in [1.82, 2.24) is 5.32 Å². The fraction of sp³-hybridized carbons (Fsp3) is 0.562. The quantitative estimate of drug-likeness (QED) is 0.877. The molecule has 1 aromatic rings. The Balaban J connectivity index is 1.78. The number of aliphatic hydroxyl groups is 1. The Bertz CT molecular complexity index is 433. The normalized spacial score (nSPS) is 22.5. The third-order valence-corrected chi connectivity index (χ3v) is 4.39. The maximum absolute atomic E-state index is 11.9. The maximum Gasteiger partial charge on any atom is 0.224 e. The van der Waals surface area contributed by atoms with Crippen LogP contribution in [0.25, 0.3) is 0 Å². The number of nitrogens with one attached hydrogen (secondary N) is 1. The van der Waals surface area contributed by atoms with E-state index < -0.39 is 0 Å². The van der Waals surface area contributed by atoms with Crippen molar-refractivity contribution in [1.29, 1.82) is 0 Å². The van der Waals surface area contributed by atoms with Gasteiger partial charge in [0.15, 0.2) is 0 Å². The highest BCUT2D eigenvalue weighted by Gasteiger charge is 2.24. The van der Waals surface area contributed by atoms with Crippen molar-refractivity contribution in [3.63, 3.8) is 0 Å². The summed E-state index contributed by atoms with van der Waals surface area (Å²) in [5.41, 5.74) is 0.967. The van der Waals surface area contributed by atoms with E-state index in [0.717, 1.165) is 18.4 Å². The molecule has 1 aliphatic carbocycles. The van der Waals surface area contributed by atoms with Crippen molar-refractivity contribution in [2.24, 2.45) is 11.8 Å². The molecule has 0 aromatic heterocycles. The zero-order valence-corrected chi connectivity index (χ0v) is 12.4. The van der Waals surface area contributed by atoms with E-state index in [2.05, 4.69) is 5.32 Å². The standard InChI is InChI=1S/C16H22ClNO2/c17-15-7-5-12(6-8-15)9-16(20)18-10-13-3-1-2-4-14(13)11-19/h5-8,13-14,19H,1-4,9-11H2,(H,18,20). The second-order valence-electron chi connectivity index (χ2n) is 5.59. The van der Waals surface area contributed by atoms with Gasteiger partial charge in [0.1, 0.15) is 0 Å². The molecule has 2 rings (SSSR count). The number of hydrogen-bond donors (Lipinski definition) is 2. The molecule has 0 spiro atoms. The summed E-state index contributed by atoms with van der Waals surface area (Å²) in [5.74, 6) is 0.803. The average Bonchev–Trinajstić information content (AvgIpc) is 2.48. The Morgan fingerprint density at radius 1 is 1.20 bits per heavy atom. The van der Waals surface area contributed by atoms with Gasteiger partial charge in [0.05, 0.1) is 6.42 Å². The minimum absolute atomic E-state index is 0.0367. The molecule has 20 heavy (non-hydrogen) atoms. The molecule has 1 aromatic carbocycles. The molecule has 4 heteroatoms. The van der Waals surface area contributed by atoms with Gasteiger partial charge in [-0.05, 0) is 42.4 Å². The number of rotatable bonds is 5. The van der Waals surface area contributed by atoms with Crippen molar-refractivity contribution in [3.8, 4) is 0 Å². The number of hydrogen-bond acceptors (Lipinski definition) is 2. The lowest BCUT2D eigenvalue weighted by Gasteiger charge is -2.30. The van der Waals surface area contributed by atoms with Crippen molar-refractivity contribution in [2.75, 3.05) is 13.2 Å². The van der Waals surface area contributed by atoms with Gasteiger partial charge in [-0.15, -0.1) is 0 Å². The maximum atomic E-state index is 11.9. The Labute approximate surface area is 125 Å². The predicted molar refractivity (Wildman–Crippen MR) is 80.7 cm³/mol. The summed E-state index contributed by atoms with van der Waals surface area (Å²) in [5, 5.41) is 13.0. The molecule has 1 amide bonds. The van der Waals surface area contributed by atoms with Gasteiger partial charge >= 0.3 is 0 Å². The predicted octanol–water partition coefficient (Wildman–Crippen LogP) is 2.80. The lowest BCUT2D eigenvalue weighted by molar-refractivity contribution is -0.120. The molecule has 3 nitrogen and oxygen atoms in total. The van der Waals surface area contributed by atoms with Gasteiger partial charge in [-0.3, -0.25) is 4.79 Å². The van der Waals surface area contributed by atoms with Gasteiger partial charge in [0.25, 0.3) is 0 Å². The van der Waals surface area contributed by atoms with E-state index in [1.807, 2.05) is 12.1 Å². The summed E-state index contributed by atoms with van der Waals surface area (Å²) < 4.78 is 0. The third-order valence-electron chi connectivity index (χ3n) is 4.14. The highest BCUT2D eigenvalue weighted by atomic mass is 35.5. The first-order valence-corrected chi connectivity index (χ1v) is 7.69. The van der Waals surface area contributed by atoms with Crippen LogP contribution >= 0.6 is 11.6 Å². The Kier molecular flexibility index (Phi) is 5.86. The summed E-state index contributed by atoms with van der Waals surface area (Å²) in [7, 11) is 0. The lowest BCUT2D eigenvalue weighted by Crippen LogP contribution is -2.36. The van der Waals surface area contributed by atoms with E-state index in [4.69, 9.17) is 11.6 Å². The Morgan fingerprint density at radius 3 is 2.50 bits per heavy atom. The second kappa shape index (κ2) is 7.65. The van der Waals surface area contributed by atoms with Crippen LogP contribution in [0.2, 0.25) is 5.02 Å². The molecule has 1 aliphatic rings. The highest BCUT2D eigenvalue weighted by molar-refractivity contribution is 6.30. The first-order valence-electron chi connectivity index (χ1n) is 7.31. The molecule has 2 N–H and O–H groups in total. The Morgan fingerprint density at radius 2 is 1.85 bits per heavy atom. The van der Waals surface area contributed by atoms with E-state index in [0.29, 0.717) is 29.8 Å². The number of amides is 1. The van der Waals surface area contributed by atoms with Gasteiger partial charge in [-0.1, -0.05) is 36.6 Å². The van der Waals surface area contributed by atoms with Crippen molar-refractivity contribution < 1.29 is 9.90 Å². The van der Waals surface area contributed by atoms with E-state index >= 15 is 0 Å². The van der Waals surface area contributed by atoms with E-state index in [9.17, 15) is 9.90 Å². The second-order valence-corrected chi connectivity index (χ2v) is 6.03. The van der Waals surface area contributed by atoms with Crippen LogP contribution in [-0.2, 0) is 11.2 Å². The van der Waals surface area contributed by atoms with Crippen molar-refractivity contribution >= 4 is 17.5 Å². The zero-order valence-electron chi connectivity index (χ0n) is 11.6. The van der Waals surface area contributed by atoms with Crippen molar-refractivity contribution in [2.45, 2.75) is 32.1 Å². The molecule has 2 atom stereocenters. The minimum Gasteiger partial charge on any atom is -0.396 e. The lowest BCUT2D eigenvalue weighted by atomic mass is 9.79. The molecule has 2 unspecified atom stereocenters. The molecular weight excluding hydrogens is 274 g/mol. The van der Waals surface area contributed by atoms with Crippen LogP contribution in [0.4, 0.5) is 0 Å². The molecular formula is C16H22ClNO2. The molecule has 1 saturated carbocycles. The zero-order chi connectivity index (χ0) is 14.4. The van der Waals surface area contributed by atoms with Gasteiger partial charge in [0, 0.05) is 18.2 Å². The van der Waals surface area contributed by atoms with Crippen LogP contribution in [0, 0.1) is 11.8 Å². The molecule has 0 saturated heterocycles. The van der Waals surface area contributed by atoms with Crippen LogP contribution in [0.15, 0.2) is 24.3 Å². The highest BCUT2D eigenvalue weighted by Crippen LogP contribution is 2.29. The van der Waals surface area contributed by atoms with E-state index in [1.54, 1.807) is 12.1 Å². The summed E-state index contributed by atoms with van der Waals surface area (Å²) in [6.45, 7) is 0.912. The number of aliphatic hydroxyl groups excluding tert-OH is 1. The smallest absolute Gasteiger partial charge is 0.224 e. The molecule has 0 aliphatic heterocycles. The molecule has 1 fully saturated rings. The SMILES string of the molecule is O=C(Cc1ccc(Cl)cc1)NCC1CCCCC1CO. The molecule has 0 heterocycles. The number of carbonyl (C=O) groups excluding carboxylic acids is 1. The van der Waals surface area contributed by atoms with Gasteiger partial charge in [0.2, 0.25) is 5.91 Å². The fourth-order valence-corrected chi connectivity index (χ4v) is 3.01. The number of carbonyl (C=O) groups is 1. The average molecular weight is 296 g/mol. The summed E-state index contributed by atoms with van der Waals surface area (Å²) >= 11 is 5.82. The van der Waals surface area contributed by atoms with Crippen LogP contribution < -0.4 is 5.32 Å². The first-order chi connectivity index (χ1) is 9.69. The number of benzene rings is 1. The van der Waals surface area contributed by atoms with Crippen LogP contribution in [-0.4, -0.2) is 24.2 Å². The van der Waals surface area contributed by atoms with Crippen LogP contribution in [0.1, 0.15) is 31.2 Å². The fourth-order valence-electron chi connectivity index (χ4n) is 2.89. The van der Waals surface area contributed by atoms with Crippen molar-refractivity contribution in [3.05, 3.63) is 34.9 Å². The van der Waals surface area contributed by atoms with E-state index in [-0.39, 0.29) is 12.5 Å². The first kappa shape index (κ1) is 15.3. The largest absolute Gasteiger partial charge is 0.396 e. The summed E-state index contributed by atoms with van der Waals surface area (Å²) in [6, 6.07) is 7.35. The van der Waals surface area contributed by atoms with Gasteiger partial charge < -0.3 is 10.4 Å². The summed E-state index contributed by atoms with van der Waals surface area (Å²) in [6.07, 6.45) is 4.96.